The fourth-order valence-electron chi connectivity index (χ4n) is 5.76. The molecule has 0 heterocycles. The minimum absolute atomic E-state index is 0.130. The van der Waals surface area contributed by atoms with Gasteiger partial charge in [0.1, 0.15) is 12.6 Å². The molecule has 4 N–H and O–H groups in total. The highest BCUT2D eigenvalue weighted by atomic mass is 31.2. The van der Waals surface area contributed by atoms with Crippen LogP contribution in [0.2, 0.25) is 0 Å². The van der Waals surface area contributed by atoms with E-state index in [2.05, 4.69) is 42.7 Å². The quantitative estimate of drug-likeness (QED) is 0.0233. The highest BCUT2D eigenvalue weighted by Crippen LogP contribution is 2.43. The number of hydrogen-bond acceptors (Lipinski definition) is 9. The summed E-state index contributed by atoms with van der Waals surface area (Å²) in [5.74, 6) is -2.42. The molecule has 0 aliphatic heterocycles. The van der Waals surface area contributed by atoms with Crippen molar-refractivity contribution in [3.05, 3.63) is 24.3 Å². The Bertz CT molecular complexity index is 1020. The first-order valence-corrected chi connectivity index (χ1v) is 22.9. The second-order valence-electron chi connectivity index (χ2n) is 14.5. The van der Waals surface area contributed by atoms with E-state index < -0.39 is 51.1 Å². The molecule has 11 nitrogen and oxygen atoms in total. The van der Waals surface area contributed by atoms with Crippen molar-refractivity contribution >= 4 is 25.7 Å². The van der Waals surface area contributed by atoms with Crippen molar-refractivity contribution in [1.29, 1.82) is 0 Å². The number of carboxylic acid groups (broad SMARTS) is 1. The van der Waals surface area contributed by atoms with Crippen molar-refractivity contribution in [3.8, 4) is 0 Å². The van der Waals surface area contributed by atoms with Gasteiger partial charge in [-0.1, -0.05) is 141 Å². The summed E-state index contributed by atoms with van der Waals surface area (Å²) in [6.07, 6.45) is 38.2. The van der Waals surface area contributed by atoms with Crippen LogP contribution in [-0.2, 0) is 37.5 Å². The fraction of sp³-hybridized carbons (Fsp3) is 0.833. The Balaban J connectivity index is 4.42. The molecule has 0 aliphatic carbocycles. The van der Waals surface area contributed by atoms with E-state index in [9.17, 15) is 23.8 Å². The van der Waals surface area contributed by atoms with Crippen LogP contribution < -0.4 is 5.73 Å². The van der Waals surface area contributed by atoms with Crippen molar-refractivity contribution in [2.75, 3.05) is 19.8 Å². The second-order valence-corrected chi connectivity index (χ2v) is 15.9. The molecule has 0 saturated heterocycles. The topological polar surface area (TPSA) is 172 Å². The summed E-state index contributed by atoms with van der Waals surface area (Å²) in [6.45, 7) is 2.77. The molecule has 3 atom stereocenters. The second kappa shape index (κ2) is 37.9. The van der Waals surface area contributed by atoms with Crippen LogP contribution in [-0.4, -0.2) is 59.9 Å². The summed E-state index contributed by atoms with van der Waals surface area (Å²) < 4.78 is 32.6. The van der Waals surface area contributed by atoms with E-state index in [0.29, 0.717) is 12.8 Å². The molecule has 0 saturated carbocycles. The summed E-state index contributed by atoms with van der Waals surface area (Å²) >= 11 is 0. The molecule has 12 heteroatoms. The van der Waals surface area contributed by atoms with Crippen LogP contribution in [0.4, 0.5) is 0 Å². The molecule has 0 fully saturated rings. The molecule has 0 aromatic carbocycles. The number of esters is 2. The van der Waals surface area contributed by atoms with Gasteiger partial charge in [-0.15, -0.1) is 0 Å². The number of carbonyl (C=O) groups is 3. The number of aliphatic carboxylic acids is 1. The third kappa shape index (κ3) is 36.9. The molecular formula is C42H78NO10P. The van der Waals surface area contributed by atoms with Gasteiger partial charge < -0.3 is 25.2 Å². The Kier molecular flexibility index (Phi) is 36.4. The average molecular weight is 788 g/mol. The Morgan fingerprint density at radius 2 is 0.926 bits per heavy atom. The zero-order chi connectivity index (χ0) is 40.0. The van der Waals surface area contributed by atoms with Crippen LogP contribution in [0.1, 0.15) is 194 Å². The summed E-state index contributed by atoms with van der Waals surface area (Å²) in [5.41, 5.74) is 5.32. The number of carbonyl (C=O) groups excluding carboxylic acids is 2. The maximum Gasteiger partial charge on any atom is 0.472 e. The van der Waals surface area contributed by atoms with E-state index in [0.717, 1.165) is 44.9 Å². The van der Waals surface area contributed by atoms with Gasteiger partial charge in [0.2, 0.25) is 0 Å². The van der Waals surface area contributed by atoms with Gasteiger partial charge in [-0.3, -0.25) is 23.4 Å². The SMILES string of the molecule is CCCCCCCCCC/C=C/CCCCCC(=O)OC[C@H](COP(=O)(O)OC[C@H](N)C(=O)O)OC(=O)CCCC/C=C/CCCCCCCCCCC. The number of rotatable bonds is 40. The van der Waals surface area contributed by atoms with Crippen LogP contribution in [0.25, 0.3) is 0 Å². The Morgan fingerprint density at radius 3 is 1.39 bits per heavy atom. The standard InChI is InChI=1S/C42H78NO10P/c1-3-5-7-9-11-13-15-17-19-21-23-25-27-29-31-33-40(44)50-35-38(36-51-54(48,49)52-37-39(43)42(46)47)53-41(45)34-32-30-28-26-24-22-20-18-16-14-12-10-8-6-4-2/h21,23-24,26,38-39H,3-20,22,25,27-37,43H2,1-2H3,(H,46,47)(H,48,49)/b23-21+,26-24+/t38-,39+/m1/s1. The predicted octanol–water partition coefficient (Wildman–Crippen LogP) is 11.1. The number of phosphoric acid groups is 1. The average Bonchev–Trinajstić information content (AvgIpc) is 3.14. The zero-order valence-electron chi connectivity index (χ0n) is 34.1. The van der Waals surface area contributed by atoms with Crippen molar-refractivity contribution < 1.29 is 47.5 Å². The largest absolute Gasteiger partial charge is 0.480 e. The highest BCUT2D eigenvalue weighted by molar-refractivity contribution is 7.47. The highest BCUT2D eigenvalue weighted by Gasteiger charge is 2.28. The molecule has 0 aliphatic rings. The van der Waals surface area contributed by atoms with Gasteiger partial charge >= 0.3 is 25.7 Å². The minimum Gasteiger partial charge on any atom is -0.480 e. The number of hydrogen-bond donors (Lipinski definition) is 3. The summed E-state index contributed by atoms with van der Waals surface area (Å²) in [4.78, 5) is 45.9. The number of phosphoric ester groups is 1. The molecule has 0 radical (unpaired) electrons. The first-order chi connectivity index (χ1) is 26.1. The normalized spacial score (nSPS) is 14.0. The molecule has 0 rings (SSSR count). The van der Waals surface area contributed by atoms with E-state index in [1.807, 2.05) is 0 Å². The predicted molar refractivity (Wildman–Crippen MR) is 217 cm³/mol. The van der Waals surface area contributed by atoms with Gasteiger partial charge in [0.25, 0.3) is 0 Å². The third-order valence-corrected chi connectivity index (χ3v) is 10.1. The van der Waals surface area contributed by atoms with E-state index in [-0.39, 0.29) is 19.4 Å². The lowest BCUT2D eigenvalue weighted by atomic mass is 10.1. The Morgan fingerprint density at radius 1 is 0.556 bits per heavy atom. The monoisotopic (exact) mass is 788 g/mol. The van der Waals surface area contributed by atoms with Crippen molar-refractivity contribution in [2.24, 2.45) is 5.73 Å². The maximum absolute atomic E-state index is 12.6. The maximum atomic E-state index is 12.6. The summed E-state index contributed by atoms with van der Waals surface area (Å²) in [7, 11) is -4.72. The molecular weight excluding hydrogens is 709 g/mol. The number of nitrogens with two attached hydrogens (primary N) is 1. The molecule has 0 aromatic rings. The number of allylic oxidation sites excluding steroid dienone is 4. The van der Waals surface area contributed by atoms with Crippen molar-refractivity contribution in [3.63, 3.8) is 0 Å². The van der Waals surface area contributed by atoms with Crippen LogP contribution in [0.15, 0.2) is 24.3 Å². The van der Waals surface area contributed by atoms with E-state index >= 15 is 0 Å². The fourth-order valence-corrected chi connectivity index (χ4v) is 6.54. The van der Waals surface area contributed by atoms with Gasteiger partial charge in [0.15, 0.2) is 6.10 Å². The minimum atomic E-state index is -4.72. The number of unbranched alkanes of at least 4 members (excludes halogenated alkanes) is 22. The van der Waals surface area contributed by atoms with Gasteiger partial charge in [0.05, 0.1) is 13.2 Å². The van der Waals surface area contributed by atoms with Crippen LogP contribution in [0.3, 0.4) is 0 Å². The first kappa shape index (κ1) is 52.0. The first-order valence-electron chi connectivity index (χ1n) is 21.4. The van der Waals surface area contributed by atoms with E-state index in [1.165, 1.54) is 109 Å². The third-order valence-electron chi connectivity index (χ3n) is 9.17. The van der Waals surface area contributed by atoms with Gasteiger partial charge in [-0.2, -0.15) is 0 Å². The molecule has 54 heavy (non-hydrogen) atoms. The Hall–Kier alpha value is -2.04. The van der Waals surface area contributed by atoms with E-state index in [1.54, 1.807) is 0 Å². The Labute approximate surface area is 328 Å². The zero-order valence-corrected chi connectivity index (χ0v) is 35.0. The lowest BCUT2D eigenvalue weighted by Gasteiger charge is -2.20. The van der Waals surface area contributed by atoms with Gasteiger partial charge in [0, 0.05) is 12.8 Å². The summed E-state index contributed by atoms with van der Waals surface area (Å²) in [6, 6.07) is -1.52. The van der Waals surface area contributed by atoms with Crippen LogP contribution in [0, 0.1) is 0 Å². The lowest BCUT2D eigenvalue weighted by Crippen LogP contribution is -2.34. The smallest absolute Gasteiger partial charge is 0.472 e. The molecule has 0 spiro atoms. The molecule has 0 aromatic heterocycles. The molecule has 0 amide bonds. The van der Waals surface area contributed by atoms with Crippen molar-refractivity contribution in [1.82, 2.24) is 0 Å². The number of ether oxygens (including phenoxy) is 2. The van der Waals surface area contributed by atoms with Crippen LogP contribution >= 0.6 is 7.82 Å². The molecule has 1 unspecified atom stereocenters. The molecule has 316 valence electrons. The van der Waals surface area contributed by atoms with Gasteiger partial charge in [-0.05, 0) is 64.2 Å². The van der Waals surface area contributed by atoms with Crippen molar-refractivity contribution in [2.45, 2.75) is 206 Å². The van der Waals surface area contributed by atoms with Crippen LogP contribution in [0.5, 0.6) is 0 Å². The summed E-state index contributed by atoms with van der Waals surface area (Å²) in [5, 5.41) is 8.88. The molecule has 0 bridgehead atoms. The van der Waals surface area contributed by atoms with Gasteiger partial charge in [-0.25, -0.2) is 4.57 Å². The number of carboxylic acids is 1. The van der Waals surface area contributed by atoms with E-state index in [4.69, 9.17) is 24.8 Å². The lowest BCUT2D eigenvalue weighted by molar-refractivity contribution is -0.161.